The molecule has 0 aliphatic heterocycles. The molecule has 2 rings (SSSR count). The number of nitrogens with zero attached hydrogens (tertiary/aromatic N) is 2. The third-order valence-electron chi connectivity index (χ3n) is 2.65. The molecule has 0 aliphatic carbocycles. The molecule has 3 heteroatoms. The van der Waals surface area contributed by atoms with E-state index in [1.807, 2.05) is 30.7 Å². The molecule has 0 unspecified atom stereocenters. The number of imidazole rings is 1. The maximum atomic E-state index is 5.65. The zero-order chi connectivity index (χ0) is 10.7. The maximum Gasteiger partial charge on any atom is 0.0954 e. The first kappa shape index (κ1) is 9.93. The van der Waals surface area contributed by atoms with Crippen LogP contribution in [0.3, 0.4) is 0 Å². The minimum Gasteiger partial charge on any atom is -0.326 e. The Labute approximate surface area is 89.6 Å². The SMILES string of the molecule is C[C@@H](c1ccccc1)n1cncc1CN. The van der Waals surface area contributed by atoms with E-state index >= 15 is 0 Å². The van der Waals surface area contributed by atoms with Crippen molar-refractivity contribution in [2.24, 2.45) is 5.73 Å². The Morgan fingerprint density at radius 1 is 1.33 bits per heavy atom. The molecule has 0 bridgehead atoms. The molecule has 0 aliphatic rings. The average Bonchev–Trinajstić information content (AvgIpc) is 2.77. The van der Waals surface area contributed by atoms with Crippen molar-refractivity contribution >= 4 is 0 Å². The van der Waals surface area contributed by atoms with Crippen molar-refractivity contribution in [3.8, 4) is 0 Å². The van der Waals surface area contributed by atoms with Gasteiger partial charge in [-0.05, 0) is 12.5 Å². The van der Waals surface area contributed by atoms with Gasteiger partial charge in [0.1, 0.15) is 0 Å². The summed E-state index contributed by atoms with van der Waals surface area (Å²) in [5, 5.41) is 0. The van der Waals surface area contributed by atoms with Crippen LogP contribution in [0.25, 0.3) is 0 Å². The minimum atomic E-state index is 0.284. The van der Waals surface area contributed by atoms with Gasteiger partial charge in [0.15, 0.2) is 0 Å². The number of hydrogen-bond donors (Lipinski definition) is 1. The first-order valence-electron chi connectivity index (χ1n) is 5.08. The van der Waals surface area contributed by atoms with Crippen molar-refractivity contribution in [3.63, 3.8) is 0 Å². The van der Waals surface area contributed by atoms with Crippen LogP contribution in [0.15, 0.2) is 42.9 Å². The van der Waals surface area contributed by atoms with Gasteiger partial charge in [-0.15, -0.1) is 0 Å². The van der Waals surface area contributed by atoms with E-state index in [1.165, 1.54) is 5.56 Å². The summed E-state index contributed by atoms with van der Waals surface area (Å²) >= 11 is 0. The van der Waals surface area contributed by atoms with E-state index in [4.69, 9.17) is 5.73 Å². The van der Waals surface area contributed by atoms with E-state index in [-0.39, 0.29) is 6.04 Å². The summed E-state index contributed by atoms with van der Waals surface area (Å²) in [7, 11) is 0. The zero-order valence-electron chi connectivity index (χ0n) is 8.80. The highest BCUT2D eigenvalue weighted by molar-refractivity contribution is 5.20. The Morgan fingerprint density at radius 2 is 2.07 bits per heavy atom. The van der Waals surface area contributed by atoms with Crippen LogP contribution in [-0.4, -0.2) is 9.55 Å². The third-order valence-corrected chi connectivity index (χ3v) is 2.65. The fourth-order valence-electron chi connectivity index (χ4n) is 1.73. The highest BCUT2D eigenvalue weighted by Gasteiger charge is 2.09. The summed E-state index contributed by atoms with van der Waals surface area (Å²) in [6.45, 7) is 2.67. The minimum absolute atomic E-state index is 0.284. The summed E-state index contributed by atoms with van der Waals surface area (Å²) in [6, 6.07) is 10.6. The molecule has 1 aromatic heterocycles. The van der Waals surface area contributed by atoms with E-state index in [9.17, 15) is 0 Å². The summed E-state index contributed by atoms with van der Waals surface area (Å²) < 4.78 is 2.11. The first-order valence-corrected chi connectivity index (χ1v) is 5.08. The highest BCUT2D eigenvalue weighted by atomic mass is 15.1. The fraction of sp³-hybridized carbons (Fsp3) is 0.250. The lowest BCUT2D eigenvalue weighted by Crippen LogP contribution is -2.11. The molecule has 0 saturated carbocycles. The molecule has 15 heavy (non-hydrogen) atoms. The lowest BCUT2D eigenvalue weighted by Gasteiger charge is -2.16. The predicted octanol–water partition coefficient (Wildman–Crippen LogP) is 1.95. The fourth-order valence-corrected chi connectivity index (χ4v) is 1.73. The Bertz CT molecular complexity index is 419. The topological polar surface area (TPSA) is 43.8 Å². The number of nitrogens with two attached hydrogens (primary N) is 1. The standard InChI is InChI=1S/C12H15N3/c1-10(11-5-3-2-4-6-11)15-9-14-8-12(15)7-13/h2-6,8-10H,7,13H2,1H3/t10-/m0/s1. The van der Waals surface area contributed by atoms with Gasteiger partial charge in [0, 0.05) is 12.7 Å². The van der Waals surface area contributed by atoms with Gasteiger partial charge in [0.05, 0.1) is 18.1 Å². The molecule has 2 aromatic rings. The lowest BCUT2D eigenvalue weighted by atomic mass is 10.1. The second-order valence-corrected chi connectivity index (χ2v) is 3.58. The van der Waals surface area contributed by atoms with Crippen LogP contribution < -0.4 is 5.73 Å². The monoisotopic (exact) mass is 201 g/mol. The van der Waals surface area contributed by atoms with Crippen molar-refractivity contribution < 1.29 is 0 Å². The molecule has 0 spiro atoms. The van der Waals surface area contributed by atoms with Gasteiger partial charge < -0.3 is 10.3 Å². The smallest absolute Gasteiger partial charge is 0.0954 e. The van der Waals surface area contributed by atoms with Gasteiger partial charge in [-0.2, -0.15) is 0 Å². The largest absolute Gasteiger partial charge is 0.326 e. The van der Waals surface area contributed by atoms with Crippen LogP contribution in [0.1, 0.15) is 24.2 Å². The molecule has 0 radical (unpaired) electrons. The van der Waals surface area contributed by atoms with Crippen LogP contribution in [0.2, 0.25) is 0 Å². The second kappa shape index (κ2) is 4.28. The Hall–Kier alpha value is -1.61. The molecule has 1 atom stereocenters. The van der Waals surface area contributed by atoms with Crippen LogP contribution in [0.4, 0.5) is 0 Å². The summed E-state index contributed by atoms with van der Waals surface area (Å²) in [5.41, 5.74) is 7.98. The maximum absolute atomic E-state index is 5.65. The first-order chi connectivity index (χ1) is 7.33. The number of rotatable bonds is 3. The average molecular weight is 201 g/mol. The molecule has 1 aromatic carbocycles. The van der Waals surface area contributed by atoms with Gasteiger partial charge in [-0.3, -0.25) is 0 Å². The van der Waals surface area contributed by atoms with Crippen molar-refractivity contribution in [3.05, 3.63) is 54.1 Å². The van der Waals surface area contributed by atoms with E-state index in [2.05, 4.69) is 28.6 Å². The molecule has 0 amide bonds. The normalized spacial score (nSPS) is 12.7. The highest BCUT2D eigenvalue weighted by Crippen LogP contribution is 2.18. The third kappa shape index (κ3) is 1.92. The molecular formula is C12H15N3. The van der Waals surface area contributed by atoms with Gasteiger partial charge in [-0.25, -0.2) is 4.98 Å². The van der Waals surface area contributed by atoms with Crippen molar-refractivity contribution in [2.45, 2.75) is 19.5 Å². The predicted molar refractivity (Wildman–Crippen MR) is 60.4 cm³/mol. The number of aromatic nitrogens is 2. The number of benzene rings is 1. The quantitative estimate of drug-likeness (QED) is 0.824. The molecule has 0 saturated heterocycles. The Kier molecular flexibility index (Phi) is 2.83. The molecular weight excluding hydrogens is 186 g/mol. The number of hydrogen-bond acceptors (Lipinski definition) is 2. The Morgan fingerprint density at radius 3 is 2.73 bits per heavy atom. The van der Waals surface area contributed by atoms with E-state index in [1.54, 1.807) is 0 Å². The van der Waals surface area contributed by atoms with Crippen LogP contribution in [0.5, 0.6) is 0 Å². The van der Waals surface area contributed by atoms with Crippen LogP contribution >= 0.6 is 0 Å². The van der Waals surface area contributed by atoms with Gasteiger partial charge in [-0.1, -0.05) is 30.3 Å². The van der Waals surface area contributed by atoms with Crippen LogP contribution in [-0.2, 0) is 6.54 Å². The van der Waals surface area contributed by atoms with E-state index < -0.39 is 0 Å². The zero-order valence-corrected chi connectivity index (χ0v) is 8.80. The molecule has 1 heterocycles. The van der Waals surface area contributed by atoms with Gasteiger partial charge in [0.25, 0.3) is 0 Å². The van der Waals surface area contributed by atoms with Gasteiger partial charge >= 0.3 is 0 Å². The van der Waals surface area contributed by atoms with Crippen molar-refractivity contribution in [1.82, 2.24) is 9.55 Å². The molecule has 0 fully saturated rings. The van der Waals surface area contributed by atoms with E-state index in [0.29, 0.717) is 6.54 Å². The van der Waals surface area contributed by atoms with Crippen LogP contribution in [0, 0.1) is 0 Å². The molecule has 2 N–H and O–H groups in total. The van der Waals surface area contributed by atoms with Crippen molar-refractivity contribution in [1.29, 1.82) is 0 Å². The van der Waals surface area contributed by atoms with Crippen molar-refractivity contribution in [2.75, 3.05) is 0 Å². The Balaban J connectivity index is 2.32. The summed E-state index contributed by atoms with van der Waals surface area (Å²) in [6.07, 6.45) is 3.65. The van der Waals surface area contributed by atoms with E-state index in [0.717, 1.165) is 5.69 Å². The molecule has 78 valence electrons. The molecule has 3 nitrogen and oxygen atoms in total. The lowest BCUT2D eigenvalue weighted by molar-refractivity contribution is 0.609. The summed E-state index contributed by atoms with van der Waals surface area (Å²) in [5.74, 6) is 0. The summed E-state index contributed by atoms with van der Waals surface area (Å²) in [4.78, 5) is 4.12. The van der Waals surface area contributed by atoms with Gasteiger partial charge in [0.2, 0.25) is 0 Å². The second-order valence-electron chi connectivity index (χ2n) is 3.58.